The fraction of sp³-hybridized carbons (Fsp3) is 0.250. The molecule has 0 atom stereocenters. The van der Waals surface area contributed by atoms with Crippen molar-refractivity contribution in [2.75, 3.05) is 11.9 Å². The first kappa shape index (κ1) is 23.4. The Hall–Kier alpha value is -2.84. The van der Waals surface area contributed by atoms with Gasteiger partial charge in [0.2, 0.25) is 5.91 Å². The Morgan fingerprint density at radius 2 is 1.80 bits per heavy atom. The van der Waals surface area contributed by atoms with E-state index in [-0.39, 0.29) is 51.0 Å². The van der Waals surface area contributed by atoms with Gasteiger partial charge in [-0.3, -0.25) is 14.4 Å². The number of halogens is 3. The number of anilines is 1. The first-order valence-corrected chi connectivity index (χ1v) is 9.55. The minimum Gasteiger partial charge on any atom is -0.486 e. The predicted molar refractivity (Wildman–Crippen MR) is 111 cm³/mol. The van der Waals surface area contributed by atoms with E-state index in [1.807, 2.05) is 0 Å². The molecule has 2 aromatic carbocycles. The van der Waals surface area contributed by atoms with Crippen LogP contribution in [0.15, 0.2) is 30.3 Å². The summed E-state index contributed by atoms with van der Waals surface area (Å²) in [5, 5.41) is 13.3. The van der Waals surface area contributed by atoms with Gasteiger partial charge in [0.15, 0.2) is 11.6 Å². The fourth-order valence-electron chi connectivity index (χ4n) is 2.30. The Labute approximate surface area is 182 Å². The third kappa shape index (κ3) is 6.08. The zero-order chi connectivity index (χ0) is 22.4. The van der Waals surface area contributed by atoms with E-state index >= 15 is 0 Å². The SMILES string of the molecule is CC(C)C(=O)Nc1cccc(COc2c(Cl)cc(C(=O)NCC(=O)O)cc2Cl)c1F. The lowest BCUT2D eigenvalue weighted by molar-refractivity contribution is -0.135. The van der Waals surface area contributed by atoms with Crippen LogP contribution in [0.25, 0.3) is 0 Å². The average Bonchev–Trinajstić information content (AvgIpc) is 2.67. The molecule has 0 saturated carbocycles. The Balaban J connectivity index is 2.15. The molecule has 3 N–H and O–H groups in total. The number of carboxylic acids is 1. The van der Waals surface area contributed by atoms with Gasteiger partial charge in [-0.15, -0.1) is 0 Å². The molecule has 0 aromatic heterocycles. The summed E-state index contributed by atoms with van der Waals surface area (Å²) in [4.78, 5) is 34.3. The van der Waals surface area contributed by atoms with Gasteiger partial charge in [0.25, 0.3) is 5.91 Å². The van der Waals surface area contributed by atoms with Crippen LogP contribution in [0.1, 0.15) is 29.8 Å². The highest BCUT2D eigenvalue weighted by Crippen LogP contribution is 2.35. The van der Waals surface area contributed by atoms with Crippen LogP contribution in [0.5, 0.6) is 5.75 Å². The molecule has 0 aliphatic carbocycles. The Morgan fingerprint density at radius 3 is 2.37 bits per heavy atom. The summed E-state index contributed by atoms with van der Waals surface area (Å²) in [6.07, 6.45) is 0. The minimum atomic E-state index is -1.20. The van der Waals surface area contributed by atoms with Gasteiger partial charge in [0.1, 0.15) is 13.2 Å². The molecule has 160 valence electrons. The van der Waals surface area contributed by atoms with Crippen molar-refractivity contribution in [3.05, 3.63) is 57.3 Å². The van der Waals surface area contributed by atoms with Gasteiger partial charge in [0, 0.05) is 17.0 Å². The molecule has 2 rings (SSSR count). The molecule has 0 spiro atoms. The van der Waals surface area contributed by atoms with E-state index in [1.165, 1.54) is 24.3 Å². The number of hydrogen-bond donors (Lipinski definition) is 3. The van der Waals surface area contributed by atoms with Crippen molar-refractivity contribution in [2.45, 2.75) is 20.5 Å². The first-order valence-electron chi connectivity index (χ1n) is 8.80. The first-order chi connectivity index (χ1) is 14.1. The summed E-state index contributed by atoms with van der Waals surface area (Å²) < 4.78 is 20.2. The highest BCUT2D eigenvalue weighted by Gasteiger charge is 2.17. The molecule has 0 heterocycles. The zero-order valence-corrected chi connectivity index (χ0v) is 17.6. The van der Waals surface area contributed by atoms with E-state index in [4.69, 9.17) is 33.0 Å². The van der Waals surface area contributed by atoms with Gasteiger partial charge in [0.05, 0.1) is 15.7 Å². The maximum atomic E-state index is 14.7. The summed E-state index contributed by atoms with van der Waals surface area (Å²) in [7, 11) is 0. The number of aliphatic carboxylic acids is 1. The monoisotopic (exact) mass is 456 g/mol. The Kier molecular flexibility index (Phi) is 8.02. The normalized spacial score (nSPS) is 10.6. The molecule has 2 aromatic rings. The maximum absolute atomic E-state index is 14.7. The summed E-state index contributed by atoms with van der Waals surface area (Å²) >= 11 is 12.3. The third-order valence-corrected chi connectivity index (χ3v) is 4.46. The lowest BCUT2D eigenvalue weighted by Crippen LogP contribution is -2.29. The van der Waals surface area contributed by atoms with Crippen LogP contribution in [0.3, 0.4) is 0 Å². The van der Waals surface area contributed by atoms with E-state index in [9.17, 15) is 18.8 Å². The van der Waals surface area contributed by atoms with Gasteiger partial charge in [-0.2, -0.15) is 0 Å². The molecule has 0 aliphatic rings. The van der Waals surface area contributed by atoms with Gasteiger partial charge in [-0.25, -0.2) is 4.39 Å². The van der Waals surface area contributed by atoms with E-state index in [2.05, 4.69) is 10.6 Å². The largest absolute Gasteiger partial charge is 0.486 e. The van der Waals surface area contributed by atoms with Crippen molar-refractivity contribution in [2.24, 2.45) is 5.92 Å². The summed E-state index contributed by atoms with van der Waals surface area (Å²) in [6, 6.07) is 7.00. The molecule has 0 fully saturated rings. The summed E-state index contributed by atoms with van der Waals surface area (Å²) in [5.74, 6) is -3.13. The molecule has 0 saturated heterocycles. The van der Waals surface area contributed by atoms with Crippen molar-refractivity contribution in [3.63, 3.8) is 0 Å². The van der Waals surface area contributed by atoms with Crippen molar-refractivity contribution in [1.82, 2.24) is 5.32 Å². The highest BCUT2D eigenvalue weighted by atomic mass is 35.5. The van der Waals surface area contributed by atoms with Crippen LogP contribution >= 0.6 is 23.2 Å². The van der Waals surface area contributed by atoms with Crippen LogP contribution in [0.2, 0.25) is 10.0 Å². The lowest BCUT2D eigenvalue weighted by atomic mass is 10.1. The quantitative estimate of drug-likeness (QED) is 0.553. The molecule has 10 heteroatoms. The highest BCUT2D eigenvalue weighted by molar-refractivity contribution is 6.37. The van der Waals surface area contributed by atoms with E-state index in [1.54, 1.807) is 19.9 Å². The second kappa shape index (κ2) is 10.3. The van der Waals surface area contributed by atoms with E-state index < -0.39 is 24.2 Å². The molecular weight excluding hydrogens is 438 g/mol. The van der Waals surface area contributed by atoms with Crippen molar-refractivity contribution in [3.8, 4) is 5.75 Å². The number of ether oxygens (including phenoxy) is 1. The van der Waals surface area contributed by atoms with Gasteiger partial charge in [-0.05, 0) is 18.2 Å². The van der Waals surface area contributed by atoms with Crippen LogP contribution in [-0.2, 0) is 16.2 Å². The average molecular weight is 457 g/mol. The number of rotatable bonds is 8. The summed E-state index contributed by atoms with van der Waals surface area (Å²) in [5.41, 5.74) is 0.229. The van der Waals surface area contributed by atoms with Gasteiger partial charge >= 0.3 is 5.97 Å². The molecule has 0 bridgehead atoms. The second-order valence-electron chi connectivity index (χ2n) is 6.56. The third-order valence-electron chi connectivity index (χ3n) is 3.89. The number of nitrogens with one attached hydrogen (secondary N) is 2. The zero-order valence-electron chi connectivity index (χ0n) is 16.1. The maximum Gasteiger partial charge on any atom is 0.322 e. The topological polar surface area (TPSA) is 105 Å². The van der Waals surface area contributed by atoms with Crippen LogP contribution in [0, 0.1) is 11.7 Å². The minimum absolute atomic E-state index is 0.00681. The Morgan fingerprint density at radius 1 is 1.17 bits per heavy atom. The van der Waals surface area contributed by atoms with Gasteiger partial charge in [-0.1, -0.05) is 49.2 Å². The Bertz CT molecular complexity index is 959. The van der Waals surface area contributed by atoms with E-state index in [0.29, 0.717) is 0 Å². The molecule has 30 heavy (non-hydrogen) atoms. The number of hydrogen-bond acceptors (Lipinski definition) is 4. The number of carbonyl (C=O) groups excluding carboxylic acids is 2. The lowest BCUT2D eigenvalue weighted by Gasteiger charge is -2.14. The van der Waals surface area contributed by atoms with Crippen LogP contribution in [0.4, 0.5) is 10.1 Å². The predicted octanol–water partition coefficient (Wildman–Crippen LogP) is 4.12. The van der Waals surface area contributed by atoms with Crippen LogP contribution < -0.4 is 15.4 Å². The van der Waals surface area contributed by atoms with Crippen molar-refractivity contribution < 1.29 is 28.6 Å². The van der Waals surface area contributed by atoms with Crippen LogP contribution in [-0.4, -0.2) is 29.4 Å². The van der Waals surface area contributed by atoms with Gasteiger partial charge < -0.3 is 20.5 Å². The molecule has 2 amide bonds. The number of carboxylic acid groups (broad SMARTS) is 1. The number of benzene rings is 2. The molecular formula is C20H19Cl2FN2O5. The smallest absolute Gasteiger partial charge is 0.322 e. The standard InChI is InChI=1S/C20H19Cl2FN2O5/c1-10(2)19(28)25-15-5-3-4-11(17(15)23)9-30-18-13(21)6-12(7-14(18)22)20(29)24-8-16(26)27/h3-7,10H,8-9H2,1-2H3,(H,24,29)(H,25,28)(H,26,27). The number of carbonyl (C=O) groups is 3. The summed E-state index contributed by atoms with van der Waals surface area (Å²) in [6.45, 7) is 2.59. The van der Waals surface area contributed by atoms with E-state index in [0.717, 1.165) is 0 Å². The number of amides is 2. The molecule has 0 unspecified atom stereocenters. The molecule has 0 radical (unpaired) electrons. The van der Waals surface area contributed by atoms with Crippen molar-refractivity contribution in [1.29, 1.82) is 0 Å². The fourth-order valence-corrected chi connectivity index (χ4v) is 2.90. The molecule has 0 aliphatic heterocycles. The second-order valence-corrected chi connectivity index (χ2v) is 7.37. The van der Waals surface area contributed by atoms with Crippen molar-refractivity contribution >= 4 is 46.7 Å². The molecule has 7 nitrogen and oxygen atoms in total.